The Labute approximate surface area is 154 Å². The maximum Gasteiger partial charge on any atom is 0.312 e. The number of nitro benzene ring substituents is 1. The van der Waals surface area contributed by atoms with Gasteiger partial charge in [-0.15, -0.1) is 0 Å². The van der Waals surface area contributed by atoms with E-state index in [1.54, 1.807) is 12.1 Å². The Morgan fingerprint density at radius 1 is 1.32 bits per heavy atom. The van der Waals surface area contributed by atoms with Crippen molar-refractivity contribution in [3.05, 3.63) is 67.8 Å². The third kappa shape index (κ3) is 3.70. The van der Waals surface area contributed by atoms with Crippen LogP contribution in [0.5, 0.6) is 5.95 Å². The van der Waals surface area contributed by atoms with Crippen LogP contribution in [0.25, 0.3) is 11.5 Å². The van der Waals surface area contributed by atoms with Crippen molar-refractivity contribution in [2.45, 2.75) is 0 Å². The van der Waals surface area contributed by atoms with Gasteiger partial charge in [-0.25, -0.2) is 4.98 Å². The third-order valence-electron chi connectivity index (χ3n) is 3.21. The van der Waals surface area contributed by atoms with Gasteiger partial charge in [0.15, 0.2) is 5.69 Å². The minimum absolute atomic E-state index is 0.0772. The highest BCUT2D eigenvalue weighted by Crippen LogP contribution is 2.32. The van der Waals surface area contributed by atoms with Gasteiger partial charge in [-0.2, -0.15) is 0 Å². The molecule has 3 rings (SSSR count). The van der Waals surface area contributed by atoms with E-state index in [1.807, 2.05) is 12.1 Å². The summed E-state index contributed by atoms with van der Waals surface area (Å²) in [6.07, 6.45) is 1.23. The number of hydrogen-bond donors (Lipinski definition) is 1. The zero-order valence-electron chi connectivity index (χ0n) is 12.4. The van der Waals surface area contributed by atoms with Crippen LogP contribution in [0.4, 0.5) is 11.4 Å². The van der Waals surface area contributed by atoms with Crippen molar-refractivity contribution in [2.75, 3.05) is 0 Å². The van der Waals surface area contributed by atoms with E-state index in [9.17, 15) is 15.2 Å². The lowest BCUT2D eigenvalue weighted by Gasteiger charge is -1.97. The molecule has 0 fully saturated rings. The summed E-state index contributed by atoms with van der Waals surface area (Å²) in [6.45, 7) is 0. The number of benzene rings is 2. The van der Waals surface area contributed by atoms with E-state index in [0.717, 1.165) is 4.47 Å². The van der Waals surface area contributed by atoms with Crippen molar-refractivity contribution in [1.82, 2.24) is 4.98 Å². The fourth-order valence-corrected chi connectivity index (χ4v) is 2.62. The molecule has 0 saturated heterocycles. The summed E-state index contributed by atoms with van der Waals surface area (Å²) in [5.74, 6) is -0.215. The first-order valence-electron chi connectivity index (χ1n) is 6.88. The van der Waals surface area contributed by atoms with E-state index in [4.69, 9.17) is 16.0 Å². The molecule has 0 spiro atoms. The molecule has 0 amide bonds. The average molecular weight is 423 g/mol. The van der Waals surface area contributed by atoms with E-state index in [-0.39, 0.29) is 28.0 Å². The van der Waals surface area contributed by atoms with Crippen LogP contribution in [0.3, 0.4) is 0 Å². The Morgan fingerprint density at radius 3 is 2.80 bits per heavy atom. The Balaban J connectivity index is 1.94. The highest BCUT2D eigenvalue weighted by molar-refractivity contribution is 9.10. The number of nitro groups is 1. The van der Waals surface area contributed by atoms with Gasteiger partial charge >= 0.3 is 5.95 Å². The molecule has 0 saturated carbocycles. The molecule has 0 unspecified atom stereocenters. The van der Waals surface area contributed by atoms with Crippen molar-refractivity contribution >= 4 is 45.1 Å². The molecule has 25 heavy (non-hydrogen) atoms. The van der Waals surface area contributed by atoms with Crippen molar-refractivity contribution in [2.24, 2.45) is 4.99 Å². The second-order valence-corrected chi connectivity index (χ2v) is 6.10. The monoisotopic (exact) mass is 421 g/mol. The third-order valence-corrected chi connectivity index (χ3v) is 4.22. The smallest absolute Gasteiger partial charge is 0.312 e. The summed E-state index contributed by atoms with van der Waals surface area (Å²) in [7, 11) is 0. The first kappa shape index (κ1) is 17.1. The zero-order valence-corrected chi connectivity index (χ0v) is 14.7. The number of aromatic nitrogens is 1. The van der Waals surface area contributed by atoms with Crippen LogP contribution in [0, 0.1) is 10.1 Å². The topological polar surface area (TPSA) is 102 Å². The summed E-state index contributed by atoms with van der Waals surface area (Å²) in [5.41, 5.74) is 0.773. The fraction of sp³-hybridized carbons (Fsp3) is 0. The summed E-state index contributed by atoms with van der Waals surface area (Å²) < 4.78 is 6.00. The standard InChI is InChI=1S/C16H9BrClN3O4/c17-11-4-2-1-3-10(11)15-20-14(16(22)25-15)8-19-13-7-9(21(23)24)5-6-12(13)18/h1-8,22H. The molecule has 0 aliphatic heterocycles. The quantitative estimate of drug-likeness (QED) is 0.357. The molecule has 3 aromatic rings. The van der Waals surface area contributed by atoms with Crippen LogP contribution in [-0.4, -0.2) is 21.2 Å². The van der Waals surface area contributed by atoms with Crippen molar-refractivity contribution < 1.29 is 14.4 Å². The zero-order chi connectivity index (χ0) is 18.0. The van der Waals surface area contributed by atoms with Crippen LogP contribution >= 0.6 is 27.5 Å². The van der Waals surface area contributed by atoms with Gasteiger partial charge in [0.1, 0.15) is 0 Å². The summed E-state index contributed by atoms with van der Waals surface area (Å²) >= 11 is 9.36. The van der Waals surface area contributed by atoms with Crippen LogP contribution in [-0.2, 0) is 0 Å². The lowest BCUT2D eigenvalue weighted by atomic mass is 10.2. The van der Waals surface area contributed by atoms with Gasteiger partial charge in [0.2, 0.25) is 5.89 Å². The van der Waals surface area contributed by atoms with E-state index < -0.39 is 10.9 Å². The number of aliphatic imine (C=N–C) groups is 1. The van der Waals surface area contributed by atoms with Crippen LogP contribution in [0.1, 0.15) is 5.69 Å². The Hall–Kier alpha value is -2.71. The number of oxazole rings is 1. The fourth-order valence-electron chi connectivity index (χ4n) is 2.00. The molecule has 0 atom stereocenters. The second kappa shape index (κ2) is 7.04. The molecule has 1 aromatic heterocycles. The molecular weight excluding hydrogens is 414 g/mol. The molecular formula is C16H9BrClN3O4. The number of rotatable bonds is 4. The number of halogens is 2. The van der Waals surface area contributed by atoms with Gasteiger partial charge in [0.25, 0.3) is 5.69 Å². The Bertz CT molecular complexity index is 987. The largest absolute Gasteiger partial charge is 0.479 e. The normalized spacial score (nSPS) is 11.1. The second-order valence-electron chi connectivity index (χ2n) is 4.84. The molecule has 126 valence electrons. The molecule has 1 heterocycles. The summed E-state index contributed by atoms with van der Waals surface area (Å²) in [4.78, 5) is 18.5. The van der Waals surface area contributed by atoms with Gasteiger partial charge < -0.3 is 9.52 Å². The molecule has 0 aliphatic rings. The molecule has 0 radical (unpaired) electrons. The lowest BCUT2D eigenvalue weighted by molar-refractivity contribution is -0.384. The van der Waals surface area contributed by atoms with E-state index in [0.29, 0.717) is 5.56 Å². The lowest BCUT2D eigenvalue weighted by Crippen LogP contribution is -1.87. The molecule has 0 bridgehead atoms. The number of aromatic hydroxyl groups is 1. The number of non-ortho nitro benzene ring substituents is 1. The number of hydrogen-bond acceptors (Lipinski definition) is 6. The Morgan fingerprint density at radius 2 is 2.08 bits per heavy atom. The molecule has 7 nitrogen and oxygen atoms in total. The summed E-state index contributed by atoms with van der Waals surface area (Å²) in [6, 6.07) is 11.1. The van der Waals surface area contributed by atoms with Gasteiger partial charge in [-0.05, 0) is 34.1 Å². The maximum atomic E-state index is 10.8. The summed E-state index contributed by atoms with van der Waals surface area (Å²) in [5, 5.41) is 21.0. The predicted molar refractivity (Wildman–Crippen MR) is 96.7 cm³/mol. The van der Waals surface area contributed by atoms with Crippen molar-refractivity contribution in [3.63, 3.8) is 0 Å². The molecule has 0 aliphatic carbocycles. The number of nitrogens with zero attached hydrogens (tertiary/aromatic N) is 3. The van der Waals surface area contributed by atoms with Gasteiger partial charge in [0.05, 0.1) is 27.4 Å². The minimum atomic E-state index is -0.548. The van der Waals surface area contributed by atoms with Crippen molar-refractivity contribution in [1.29, 1.82) is 0 Å². The van der Waals surface area contributed by atoms with E-state index in [2.05, 4.69) is 25.9 Å². The van der Waals surface area contributed by atoms with Gasteiger partial charge in [-0.3, -0.25) is 15.1 Å². The van der Waals surface area contributed by atoms with Gasteiger partial charge in [-0.1, -0.05) is 23.7 Å². The SMILES string of the molecule is O=[N+]([O-])c1ccc(Cl)c(N=Cc2nc(-c3ccccc3Br)oc2O)c1. The highest BCUT2D eigenvalue weighted by Gasteiger charge is 2.15. The predicted octanol–water partition coefficient (Wildman–Crippen LogP) is 5.12. The van der Waals surface area contributed by atoms with E-state index in [1.165, 1.54) is 24.4 Å². The van der Waals surface area contributed by atoms with Crippen LogP contribution in [0.15, 0.2) is 56.3 Å². The molecule has 9 heteroatoms. The molecule has 2 aromatic carbocycles. The van der Waals surface area contributed by atoms with Crippen LogP contribution in [0.2, 0.25) is 5.02 Å². The molecule has 1 N–H and O–H groups in total. The Kier molecular flexibility index (Phi) is 4.82. The van der Waals surface area contributed by atoms with Crippen molar-refractivity contribution in [3.8, 4) is 17.4 Å². The first-order valence-corrected chi connectivity index (χ1v) is 8.05. The minimum Gasteiger partial charge on any atom is -0.479 e. The van der Waals surface area contributed by atoms with E-state index >= 15 is 0 Å². The first-order chi connectivity index (χ1) is 12.0. The van der Waals surface area contributed by atoms with Gasteiger partial charge in [0, 0.05) is 16.6 Å². The maximum absolute atomic E-state index is 10.8. The van der Waals surface area contributed by atoms with Crippen LogP contribution < -0.4 is 0 Å². The average Bonchev–Trinajstić information content (AvgIpc) is 2.95. The highest BCUT2D eigenvalue weighted by atomic mass is 79.9.